The number of ether oxygens (including phenoxy) is 1. The number of carboxylic acids is 1. The summed E-state index contributed by atoms with van der Waals surface area (Å²) in [5.74, 6) is -3.83. The van der Waals surface area contributed by atoms with E-state index < -0.39 is 29.8 Å². The van der Waals surface area contributed by atoms with Gasteiger partial charge in [-0.25, -0.2) is 9.78 Å². The number of rotatable bonds is 6. The van der Waals surface area contributed by atoms with Crippen LogP contribution in [0.2, 0.25) is 0 Å². The summed E-state index contributed by atoms with van der Waals surface area (Å²) in [6.45, 7) is 0. The number of carbonyl (C=O) groups is 3. The fourth-order valence-electron chi connectivity index (χ4n) is 1.41. The van der Waals surface area contributed by atoms with Gasteiger partial charge in [0.1, 0.15) is 6.04 Å². The van der Waals surface area contributed by atoms with Crippen LogP contribution >= 0.6 is 0 Å². The Bertz CT molecular complexity index is 520. The van der Waals surface area contributed by atoms with Crippen molar-refractivity contribution >= 4 is 17.8 Å². The van der Waals surface area contributed by atoms with Gasteiger partial charge in [0.2, 0.25) is 5.95 Å². The third kappa shape index (κ3) is 4.30. The van der Waals surface area contributed by atoms with E-state index in [2.05, 4.69) is 15.0 Å². The van der Waals surface area contributed by atoms with Crippen molar-refractivity contribution in [1.29, 1.82) is 0 Å². The lowest BCUT2D eigenvalue weighted by molar-refractivity contribution is -0.142. The fraction of sp³-hybridized carbons (Fsp3) is 0.333. The number of carboxylic acid groups (broad SMARTS) is 1. The van der Waals surface area contributed by atoms with Gasteiger partial charge >= 0.3 is 11.9 Å². The molecule has 0 spiro atoms. The standard InChI is InChI=1S/C12H13FN2O5/c1-20-9(16)5-4-8(12(18)19)15-11(17)7-3-2-6-14-10(7)13/h2-3,6,8H,4-5H2,1H3,(H,15,17)(H,18,19). The summed E-state index contributed by atoms with van der Waals surface area (Å²) in [5, 5.41) is 11.1. The van der Waals surface area contributed by atoms with Crippen LogP contribution in [-0.2, 0) is 14.3 Å². The first-order valence-corrected chi connectivity index (χ1v) is 5.66. The molecule has 7 nitrogen and oxygen atoms in total. The van der Waals surface area contributed by atoms with E-state index >= 15 is 0 Å². The summed E-state index contributed by atoms with van der Waals surface area (Å²) < 4.78 is 17.6. The van der Waals surface area contributed by atoms with Gasteiger partial charge in [-0.2, -0.15) is 4.39 Å². The third-order valence-electron chi connectivity index (χ3n) is 2.47. The number of nitrogens with zero attached hydrogens (tertiary/aromatic N) is 1. The van der Waals surface area contributed by atoms with Crippen LogP contribution in [0.1, 0.15) is 23.2 Å². The van der Waals surface area contributed by atoms with E-state index in [4.69, 9.17) is 5.11 Å². The topological polar surface area (TPSA) is 106 Å². The van der Waals surface area contributed by atoms with Crippen molar-refractivity contribution in [2.75, 3.05) is 7.11 Å². The zero-order chi connectivity index (χ0) is 15.1. The molecular weight excluding hydrogens is 271 g/mol. The van der Waals surface area contributed by atoms with Crippen LogP contribution in [0.15, 0.2) is 18.3 Å². The average molecular weight is 284 g/mol. The number of pyridine rings is 1. The van der Waals surface area contributed by atoms with Gasteiger partial charge < -0.3 is 15.2 Å². The molecule has 8 heteroatoms. The molecule has 0 radical (unpaired) electrons. The summed E-state index contributed by atoms with van der Waals surface area (Å²) in [6.07, 6.45) is 0.830. The Labute approximate surface area is 113 Å². The first-order valence-electron chi connectivity index (χ1n) is 5.66. The number of aromatic nitrogens is 1. The second-order valence-electron chi connectivity index (χ2n) is 3.82. The highest BCUT2D eigenvalue weighted by Gasteiger charge is 2.23. The Hall–Kier alpha value is -2.51. The second kappa shape index (κ2) is 7.17. The highest BCUT2D eigenvalue weighted by Crippen LogP contribution is 2.06. The Morgan fingerprint density at radius 3 is 2.75 bits per heavy atom. The van der Waals surface area contributed by atoms with Gasteiger partial charge in [0.25, 0.3) is 5.91 Å². The van der Waals surface area contributed by atoms with Crippen molar-refractivity contribution in [2.24, 2.45) is 0 Å². The number of aliphatic carboxylic acids is 1. The van der Waals surface area contributed by atoms with Crippen molar-refractivity contribution < 1.29 is 28.6 Å². The Kier molecular flexibility index (Phi) is 5.57. The first-order chi connectivity index (χ1) is 9.45. The molecule has 1 unspecified atom stereocenters. The fourth-order valence-corrected chi connectivity index (χ4v) is 1.41. The minimum Gasteiger partial charge on any atom is -0.480 e. The van der Waals surface area contributed by atoms with E-state index in [9.17, 15) is 18.8 Å². The molecule has 0 bridgehead atoms. The molecule has 0 aliphatic heterocycles. The lowest BCUT2D eigenvalue weighted by atomic mass is 10.1. The van der Waals surface area contributed by atoms with Crippen LogP contribution in [-0.4, -0.2) is 41.1 Å². The number of hydrogen-bond acceptors (Lipinski definition) is 5. The van der Waals surface area contributed by atoms with Gasteiger partial charge in [0, 0.05) is 12.6 Å². The van der Waals surface area contributed by atoms with Crippen LogP contribution in [0.5, 0.6) is 0 Å². The highest BCUT2D eigenvalue weighted by molar-refractivity contribution is 5.96. The molecule has 0 fully saturated rings. The monoisotopic (exact) mass is 284 g/mol. The summed E-state index contributed by atoms with van der Waals surface area (Å²) >= 11 is 0. The largest absolute Gasteiger partial charge is 0.480 e. The van der Waals surface area contributed by atoms with Gasteiger partial charge in [-0.3, -0.25) is 9.59 Å². The average Bonchev–Trinajstić information content (AvgIpc) is 2.42. The predicted octanol–water partition coefficient (Wildman–Crippen LogP) is 0.357. The SMILES string of the molecule is COC(=O)CCC(NC(=O)c1cccnc1F)C(=O)O. The van der Waals surface area contributed by atoms with E-state index in [1.807, 2.05) is 0 Å². The van der Waals surface area contributed by atoms with Gasteiger partial charge in [0.05, 0.1) is 12.7 Å². The molecule has 1 rings (SSSR count). The quantitative estimate of drug-likeness (QED) is 0.577. The lowest BCUT2D eigenvalue weighted by Crippen LogP contribution is -2.41. The lowest BCUT2D eigenvalue weighted by Gasteiger charge is -2.13. The molecule has 0 aliphatic carbocycles. The molecule has 2 N–H and O–H groups in total. The molecule has 0 aromatic carbocycles. The van der Waals surface area contributed by atoms with Gasteiger partial charge in [0.15, 0.2) is 0 Å². The van der Waals surface area contributed by atoms with Crippen LogP contribution in [0.4, 0.5) is 4.39 Å². The summed E-state index contributed by atoms with van der Waals surface area (Å²) in [5.41, 5.74) is -0.364. The number of hydrogen-bond donors (Lipinski definition) is 2. The van der Waals surface area contributed by atoms with Crippen LogP contribution in [0.3, 0.4) is 0 Å². The highest BCUT2D eigenvalue weighted by atomic mass is 19.1. The summed E-state index contributed by atoms with van der Waals surface area (Å²) in [7, 11) is 1.17. The van der Waals surface area contributed by atoms with Gasteiger partial charge in [-0.15, -0.1) is 0 Å². The molecule has 1 aromatic heterocycles. The molecule has 108 valence electrons. The number of amides is 1. The summed E-state index contributed by atoms with van der Waals surface area (Å²) in [6, 6.07) is 1.21. The number of esters is 1. The minimum absolute atomic E-state index is 0.157. The van der Waals surface area contributed by atoms with E-state index in [0.29, 0.717) is 0 Å². The summed E-state index contributed by atoms with van der Waals surface area (Å²) in [4.78, 5) is 36.9. The molecule has 0 saturated carbocycles. The smallest absolute Gasteiger partial charge is 0.326 e. The van der Waals surface area contributed by atoms with Crippen molar-refractivity contribution in [1.82, 2.24) is 10.3 Å². The molecule has 1 aromatic rings. The third-order valence-corrected chi connectivity index (χ3v) is 2.47. The number of methoxy groups -OCH3 is 1. The van der Waals surface area contributed by atoms with Crippen LogP contribution in [0.25, 0.3) is 0 Å². The van der Waals surface area contributed by atoms with Crippen molar-refractivity contribution in [3.8, 4) is 0 Å². The van der Waals surface area contributed by atoms with Crippen LogP contribution in [0, 0.1) is 5.95 Å². The van der Waals surface area contributed by atoms with Gasteiger partial charge in [-0.05, 0) is 18.6 Å². The normalized spacial score (nSPS) is 11.5. The van der Waals surface area contributed by atoms with E-state index in [-0.39, 0.29) is 18.4 Å². The first kappa shape index (κ1) is 15.5. The Morgan fingerprint density at radius 1 is 1.50 bits per heavy atom. The maximum absolute atomic E-state index is 13.3. The number of carbonyl (C=O) groups excluding carboxylic acids is 2. The molecule has 1 heterocycles. The number of nitrogens with one attached hydrogen (secondary N) is 1. The van der Waals surface area contributed by atoms with E-state index in [1.165, 1.54) is 19.2 Å². The Balaban J connectivity index is 2.71. The molecule has 0 saturated heterocycles. The van der Waals surface area contributed by atoms with Crippen molar-refractivity contribution in [3.05, 3.63) is 29.8 Å². The van der Waals surface area contributed by atoms with E-state index in [0.717, 1.165) is 6.20 Å². The van der Waals surface area contributed by atoms with Crippen LogP contribution < -0.4 is 5.32 Å². The molecular formula is C12H13FN2O5. The van der Waals surface area contributed by atoms with Crippen molar-refractivity contribution in [2.45, 2.75) is 18.9 Å². The second-order valence-corrected chi connectivity index (χ2v) is 3.82. The number of halogens is 1. The molecule has 20 heavy (non-hydrogen) atoms. The molecule has 1 amide bonds. The Morgan fingerprint density at radius 2 is 2.20 bits per heavy atom. The molecule has 1 atom stereocenters. The van der Waals surface area contributed by atoms with Gasteiger partial charge in [-0.1, -0.05) is 0 Å². The zero-order valence-corrected chi connectivity index (χ0v) is 10.6. The van der Waals surface area contributed by atoms with E-state index in [1.54, 1.807) is 0 Å². The molecule has 0 aliphatic rings. The predicted molar refractivity (Wildman–Crippen MR) is 64.3 cm³/mol. The van der Waals surface area contributed by atoms with Crippen molar-refractivity contribution in [3.63, 3.8) is 0 Å². The minimum atomic E-state index is -1.33. The zero-order valence-electron chi connectivity index (χ0n) is 10.6. The maximum Gasteiger partial charge on any atom is 0.326 e. The maximum atomic E-state index is 13.3.